The minimum atomic E-state index is -3.31. The summed E-state index contributed by atoms with van der Waals surface area (Å²) in [6.45, 7) is 6.86. The minimum absolute atomic E-state index is 0.0734. The standard InChI is InChI=1S/C15H25NO3S/c1-12-10-13(2)15(14(3)11-12)19-8-6-4-5-7-9-20(16,17)18/h10-11H,4-9H2,1-3H3,(H2,16,17,18). The van der Waals surface area contributed by atoms with E-state index >= 15 is 0 Å². The van der Waals surface area contributed by atoms with E-state index < -0.39 is 10.0 Å². The lowest BCUT2D eigenvalue weighted by Crippen LogP contribution is -2.16. The highest BCUT2D eigenvalue weighted by Crippen LogP contribution is 2.24. The van der Waals surface area contributed by atoms with Crippen LogP contribution in [0.25, 0.3) is 0 Å². The first-order valence-corrected chi connectivity index (χ1v) is 8.72. The van der Waals surface area contributed by atoms with E-state index in [1.165, 1.54) is 5.56 Å². The van der Waals surface area contributed by atoms with Crippen molar-refractivity contribution in [3.05, 3.63) is 28.8 Å². The van der Waals surface area contributed by atoms with Gasteiger partial charge in [-0.15, -0.1) is 0 Å². The van der Waals surface area contributed by atoms with E-state index in [0.29, 0.717) is 13.0 Å². The fourth-order valence-corrected chi connectivity index (χ4v) is 2.93. The number of sulfonamides is 1. The quantitative estimate of drug-likeness (QED) is 0.750. The lowest BCUT2D eigenvalue weighted by atomic mass is 10.1. The molecule has 0 heterocycles. The smallest absolute Gasteiger partial charge is 0.209 e. The molecule has 0 aliphatic rings. The summed E-state index contributed by atoms with van der Waals surface area (Å²) in [6, 6.07) is 4.24. The molecule has 0 atom stereocenters. The van der Waals surface area contributed by atoms with Gasteiger partial charge in [0.1, 0.15) is 5.75 Å². The molecule has 0 aliphatic heterocycles. The monoisotopic (exact) mass is 299 g/mol. The normalized spacial score (nSPS) is 11.6. The van der Waals surface area contributed by atoms with Crippen LogP contribution in [-0.2, 0) is 10.0 Å². The molecule has 0 aliphatic carbocycles. The molecule has 1 aromatic rings. The Morgan fingerprint density at radius 2 is 1.55 bits per heavy atom. The van der Waals surface area contributed by atoms with Gasteiger partial charge in [0.25, 0.3) is 0 Å². The number of ether oxygens (including phenoxy) is 1. The molecule has 0 saturated carbocycles. The van der Waals surface area contributed by atoms with Gasteiger partial charge in [0, 0.05) is 0 Å². The van der Waals surface area contributed by atoms with Crippen molar-refractivity contribution in [2.75, 3.05) is 12.4 Å². The molecule has 0 radical (unpaired) electrons. The van der Waals surface area contributed by atoms with Gasteiger partial charge in [-0.2, -0.15) is 0 Å². The third kappa shape index (κ3) is 6.39. The van der Waals surface area contributed by atoms with Crippen LogP contribution in [0.4, 0.5) is 0 Å². The van der Waals surface area contributed by atoms with E-state index in [-0.39, 0.29) is 5.75 Å². The molecule has 0 bridgehead atoms. The maximum atomic E-state index is 10.8. The number of hydrogen-bond donors (Lipinski definition) is 1. The van der Waals surface area contributed by atoms with Crippen molar-refractivity contribution in [3.8, 4) is 5.75 Å². The first-order valence-electron chi connectivity index (χ1n) is 7.01. The minimum Gasteiger partial charge on any atom is -0.493 e. The number of hydrogen-bond acceptors (Lipinski definition) is 3. The Morgan fingerprint density at radius 3 is 2.10 bits per heavy atom. The average molecular weight is 299 g/mol. The average Bonchev–Trinajstić information content (AvgIpc) is 2.29. The molecule has 0 unspecified atom stereocenters. The summed E-state index contributed by atoms with van der Waals surface area (Å²) < 4.78 is 27.3. The third-order valence-electron chi connectivity index (χ3n) is 3.17. The lowest BCUT2D eigenvalue weighted by Gasteiger charge is -2.13. The Morgan fingerprint density at radius 1 is 1.00 bits per heavy atom. The Labute approximate surface area is 122 Å². The molecule has 5 heteroatoms. The Kier molecular flexibility index (Phi) is 6.49. The van der Waals surface area contributed by atoms with Crippen LogP contribution in [0, 0.1) is 20.8 Å². The van der Waals surface area contributed by atoms with Gasteiger partial charge >= 0.3 is 0 Å². The van der Waals surface area contributed by atoms with Crippen LogP contribution in [-0.4, -0.2) is 20.8 Å². The van der Waals surface area contributed by atoms with E-state index in [2.05, 4.69) is 32.9 Å². The highest BCUT2D eigenvalue weighted by atomic mass is 32.2. The van der Waals surface area contributed by atoms with Crippen molar-refractivity contribution < 1.29 is 13.2 Å². The van der Waals surface area contributed by atoms with Crippen LogP contribution >= 0.6 is 0 Å². The summed E-state index contributed by atoms with van der Waals surface area (Å²) >= 11 is 0. The predicted molar refractivity (Wildman–Crippen MR) is 82.6 cm³/mol. The first-order chi connectivity index (χ1) is 9.29. The Bertz CT molecular complexity index is 515. The van der Waals surface area contributed by atoms with E-state index in [1.807, 2.05) is 0 Å². The highest BCUT2D eigenvalue weighted by molar-refractivity contribution is 7.89. The zero-order valence-corrected chi connectivity index (χ0v) is 13.4. The van der Waals surface area contributed by atoms with Gasteiger partial charge in [-0.05, 0) is 44.7 Å². The Hall–Kier alpha value is -1.07. The van der Waals surface area contributed by atoms with Crippen LogP contribution in [0.1, 0.15) is 42.4 Å². The molecule has 20 heavy (non-hydrogen) atoms. The molecule has 0 fully saturated rings. The number of primary sulfonamides is 1. The predicted octanol–water partition coefficient (Wildman–Crippen LogP) is 2.84. The van der Waals surface area contributed by atoms with Gasteiger partial charge < -0.3 is 4.74 Å². The van der Waals surface area contributed by atoms with Crippen molar-refractivity contribution in [1.29, 1.82) is 0 Å². The topological polar surface area (TPSA) is 69.4 Å². The molecule has 4 nitrogen and oxygen atoms in total. The number of aryl methyl sites for hydroxylation is 3. The van der Waals surface area contributed by atoms with Crippen LogP contribution in [0.3, 0.4) is 0 Å². The molecule has 114 valence electrons. The maximum absolute atomic E-state index is 10.8. The summed E-state index contributed by atoms with van der Waals surface area (Å²) in [5.41, 5.74) is 3.57. The molecule has 1 aromatic carbocycles. The molecule has 1 rings (SSSR count). The van der Waals surface area contributed by atoms with Crippen LogP contribution in [0.5, 0.6) is 5.75 Å². The van der Waals surface area contributed by atoms with E-state index in [0.717, 1.165) is 36.1 Å². The number of benzene rings is 1. The highest BCUT2D eigenvalue weighted by Gasteiger charge is 2.05. The summed E-state index contributed by atoms with van der Waals surface area (Å²) in [6.07, 6.45) is 3.38. The van der Waals surface area contributed by atoms with Crippen LogP contribution in [0.15, 0.2) is 12.1 Å². The molecule has 0 saturated heterocycles. The summed E-state index contributed by atoms with van der Waals surface area (Å²) in [5.74, 6) is 1.05. The first kappa shape index (κ1) is 17.0. The fraction of sp³-hybridized carbons (Fsp3) is 0.600. The van der Waals surface area contributed by atoms with Gasteiger partial charge in [0.2, 0.25) is 10.0 Å². The maximum Gasteiger partial charge on any atom is 0.209 e. The lowest BCUT2D eigenvalue weighted by molar-refractivity contribution is 0.301. The molecule has 0 amide bonds. The van der Waals surface area contributed by atoms with E-state index in [4.69, 9.17) is 9.88 Å². The van der Waals surface area contributed by atoms with Gasteiger partial charge in [0.05, 0.1) is 12.4 Å². The molecular weight excluding hydrogens is 274 g/mol. The fourth-order valence-electron chi connectivity index (χ4n) is 2.33. The van der Waals surface area contributed by atoms with Gasteiger partial charge in [-0.1, -0.05) is 30.5 Å². The number of nitrogens with two attached hydrogens (primary N) is 1. The SMILES string of the molecule is Cc1cc(C)c(OCCCCCCS(N)(=O)=O)c(C)c1. The molecule has 0 aromatic heterocycles. The Balaban J connectivity index is 2.25. The number of rotatable bonds is 8. The van der Waals surface area contributed by atoms with Crippen molar-refractivity contribution in [2.24, 2.45) is 5.14 Å². The van der Waals surface area contributed by atoms with E-state index in [9.17, 15) is 8.42 Å². The number of unbranched alkanes of at least 4 members (excludes halogenated alkanes) is 3. The second-order valence-electron chi connectivity index (χ2n) is 5.36. The summed E-state index contributed by atoms with van der Waals surface area (Å²) in [4.78, 5) is 0. The molecular formula is C15H25NO3S. The van der Waals surface area contributed by atoms with Crippen LogP contribution in [0.2, 0.25) is 0 Å². The van der Waals surface area contributed by atoms with Crippen molar-refractivity contribution in [1.82, 2.24) is 0 Å². The van der Waals surface area contributed by atoms with Gasteiger partial charge in [-0.3, -0.25) is 0 Å². The molecule has 2 N–H and O–H groups in total. The van der Waals surface area contributed by atoms with E-state index in [1.54, 1.807) is 0 Å². The molecule has 0 spiro atoms. The second kappa shape index (κ2) is 7.64. The largest absolute Gasteiger partial charge is 0.493 e. The summed E-state index contributed by atoms with van der Waals surface area (Å²) in [7, 11) is -3.31. The van der Waals surface area contributed by atoms with Crippen LogP contribution < -0.4 is 9.88 Å². The van der Waals surface area contributed by atoms with Crippen molar-refractivity contribution in [2.45, 2.75) is 46.5 Å². The van der Waals surface area contributed by atoms with Gasteiger partial charge in [0.15, 0.2) is 0 Å². The zero-order valence-electron chi connectivity index (χ0n) is 12.6. The third-order valence-corrected chi connectivity index (χ3v) is 4.03. The van der Waals surface area contributed by atoms with Crippen molar-refractivity contribution >= 4 is 10.0 Å². The zero-order chi connectivity index (χ0) is 15.2. The van der Waals surface area contributed by atoms with Gasteiger partial charge in [-0.25, -0.2) is 13.6 Å². The van der Waals surface area contributed by atoms with Crippen molar-refractivity contribution in [3.63, 3.8) is 0 Å². The summed E-state index contributed by atoms with van der Waals surface area (Å²) in [5, 5.41) is 4.95. The second-order valence-corrected chi connectivity index (χ2v) is 7.09.